The van der Waals surface area contributed by atoms with E-state index in [2.05, 4.69) is 44.5 Å². The second-order valence-electron chi connectivity index (χ2n) is 8.21. The number of amides is 2. The quantitative estimate of drug-likeness (QED) is 0.180. The molecule has 0 aromatic carbocycles. The van der Waals surface area contributed by atoms with Crippen LogP contribution in [-0.2, 0) is 9.59 Å². The van der Waals surface area contributed by atoms with Gasteiger partial charge in [0.2, 0.25) is 11.8 Å². The second-order valence-corrected chi connectivity index (χ2v) is 8.59. The van der Waals surface area contributed by atoms with Gasteiger partial charge < -0.3 is 32.7 Å². The van der Waals surface area contributed by atoms with Crippen molar-refractivity contribution in [1.29, 1.82) is 0 Å². The zero-order chi connectivity index (χ0) is 22.5. The lowest BCUT2D eigenvalue weighted by atomic mass is 9.88. The Morgan fingerprint density at radius 2 is 2.06 bits per heavy atom. The third-order valence-corrected chi connectivity index (χ3v) is 6.51. The fraction of sp³-hybridized carbons (Fsp3) is 0.700. The first kappa shape index (κ1) is 23.6. The van der Waals surface area contributed by atoms with Crippen molar-refractivity contribution >= 4 is 23.4 Å². The number of likely N-dealkylation sites (N-methyl/N-ethyl adjacent to an activating group) is 1. The third-order valence-electron chi connectivity index (χ3n) is 6.19. The van der Waals surface area contributed by atoms with Crippen LogP contribution in [0.3, 0.4) is 0 Å². The SMILES string of the molecule is CCNC(=O)CCC1=CCC2NC(CNC(=O)C3NC(Cl)=C(N)NC3N)N(CC)C2C1. The molecule has 5 atom stereocenters. The summed E-state index contributed by atoms with van der Waals surface area (Å²) in [7, 11) is 0. The Morgan fingerprint density at radius 1 is 1.29 bits per heavy atom. The van der Waals surface area contributed by atoms with E-state index in [-0.39, 0.29) is 29.0 Å². The number of hydrogen-bond acceptors (Lipinski definition) is 8. The van der Waals surface area contributed by atoms with Crippen molar-refractivity contribution in [3.05, 3.63) is 22.6 Å². The number of rotatable bonds is 8. The lowest BCUT2D eigenvalue weighted by molar-refractivity contribution is -0.124. The minimum atomic E-state index is -0.707. The number of nitrogens with one attached hydrogen (secondary N) is 5. The molecule has 174 valence electrons. The fourth-order valence-corrected chi connectivity index (χ4v) is 4.78. The highest BCUT2D eigenvalue weighted by Crippen LogP contribution is 2.31. The van der Waals surface area contributed by atoms with Crippen LogP contribution in [0.25, 0.3) is 0 Å². The van der Waals surface area contributed by atoms with E-state index in [1.54, 1.807) is 0 Å². The predicted molar refractivity (Wildman–Crippen MR) is 120 cm³/mol. The molecule has 2 amide bonds. The van der Waals surface area contributed by atoms with Crippen LogP contribution in [0.1, 0.15) is 39.5 Å². The molecule has 11 heteroatoms. The molecule has 31 heavy (non-hydrogen) atoms. The molecule has 0 bridgehead atoms. The number of carbonyl (C=O) groups is 2. The highest BCUT2D eigenvalue weighted by Gasteiger charge is 2.41. The molecule has 1 fully saturated rings. The zero-order valence-electron chi connectivity index (χ0n) is 18.2. The average molecular weight is 455 g/mol. The summed E-state index contributed by atoms with van der Waals surface area (Å²) >= 11 is 6.00. The standard InChI is InChI=1S/C20H35ClN8O2/c1-3-24-15(30)8-6-11-5-7-12-13(9-11)29(4-2)14(26-12)10-25-20(31)16-18(22)28-19(23)17(21)27-16/h5,12-14,16,18,26-28H,3-4,6-10,22-23H2,1-2H3,(H,24,30)(H,25,31). The molecule has 0 spiro atoms. The molecule has 0 aromatic rings. The van der Waals surface area contributed by atoms with Gasteiger partial charge in [0.15, 0.2) is 0 Å². The van der Waals surface area contributed by atoms with E-state index >= 15 is 0 Å². The summed E-state index contributed by atoms with van der Waals surface area (Å²) in [5.74, 6) is 0.0928. The summed E-state index contributed by atoms with van der Waals surface area (Å²) in [6, 6.07) is -0.0138. The van der Waals surface area contributed by atoms with Gasteiger partial charge in [-0.15, -0.1) is 0 Å². The maximum Gasteiger partial charge on any atom is 0.246 e. The van der Waals surface area contributed by atoms with Gasteiger partial charge in [0.25, 0.3) is 0 Å². The summed E-state index contributed by atoms with van der Waals surface area (Å²) in [6.45, 7) is 6.04. The van der Waals surface area contributed by atoms with Crippen molar-refractivity contribution in [3.8, 4) is 0 Å². The Bertz CT molecular complexity index is 743. The number of fused-ring (bicyclic) bond motifs is 1. The van der Waals surface area contributed by atoms with Crippen LogP contribution in [0.15, 0.2) is 22.6 Å². The average Bonchev–Trinajstić information content (AvgIpc) is 3.10. The van der Waals surface area contributed by atoms with Gasteiger partial charge in [0.1, 0.15) is 23.2 Å². The Balaban J connectivity index is 1.52. The second kappa shape index (κ2) is 10.5. The highest BCUT2D eigenvalue weighted by atomic mass is 35.5. The number of carbonyl (C=O) groups excluding carboxylic acids is 2. The molecular weight excluding hydrogens is 420 g/mol. The van der Waals surface area contributed by atoms with Crippen LogP contribution >= 0.6 is 11.6 Å². The first-order valence-corrected chi connectivity index (χ1v) is 11.4. The van der Waals surface area contributed by atoms with Gasteiger partial charge in [-0.3, -0.25) is 19.8 Å². The molecular formula is C20H35ClN8O2. The van der Waals surface area contributed by atoms with Crippen LogP contribution < -0.4 is 38.1 Å². The zero-order valence-corrected chi connectivity index (χ0v) is 19.0. The van der Waals surface area contributed by atoms with Gasteiger partial charge in [-0.25, -0.2) is 0 Å². The molecule has 9 N–H and O–H groups in total. The largest absolute Gasteiger partial charge is 0.383 e. The number of halogens is 1. The first-order valence-electron chi connectivity index (χ1n) is 11.0. The topological polar surface area (TPSA) is 150 Å². The van der Waals surface area contributed by atoms with Gasteiger partial charge in [-0.1, -0.05) is 30.2 Å². The van der Waals surface area contributed by atoms with E-state index in [4.69, 9.17) is 23.1 Å². The molecule has 0 saturated carbocycles. The van der Waals surface area contributed by atoms with E-state index in [9.17, 15) is 9.59 Å². The lowest BCUT2D eigenvalue weighted by Gasteiger charge is -2.33. The number of nitrogens with zero attached hydrogens (tertiary/aromatic N) is 1. The van der Waals surface area contributed by atoms with Gasteiger partial charge in [0, 0.05) is 31.6 Å². The predicted octanol–water partition coefficient (Wildman–Crippen LogP) is -1.10. The molecule has 2 heterocycles. The van der Waals surface area contributed by atoms with Gasteiger partial charge in [-0.05, 0) is 32.7 Å². The van der Waals surface area contributed by atoms with Crippen LogP contribution in [0.4, 0.5) is 0 Å². The van der Waals surface area contributed by atoms with E-state index in [0.29, 0.717) is 31.6 Å². The van der Waals surface area contributed by atoms with Crippen molar-refractivity contribution in [2.24, 2.45) is 11.5 Å². The molecule has 10 nitrogen and oxygen atoms in total. The molecule has 0 radical (unpaired) electrons. The van der Waals surface area contributed by atoms with E-state index < -0.39 is 12.2 Å². The summed E-state index contributed by atoms with van der Waals surface area (Å²) in [6.07, 6.45) is 4.81. The molecule has 1 aliphatic carbocycles. The number of nitrogens with two attached hydrogens (primary N) is 2. The smallest absolute Gasteiger partial charge is 0.246 e. The van der Waals surface area contributed by atoms with Gasteiger partial charge in [-0.2, -0.15) is 0 Å². The summed E-state index contributed by atoms with van der Waals surface area (Å²) in [5, 5.41) is 15.3. The molecule has 1 saturated heterocycles. The van der Waals surface area contributed by atoms with Crippen molar-refractivity contribution in [1.82, 2.24) is 31.5 Å². The molecule has 5 unspecified atom stereocenters. The van der Waals surface area contributed by atoms with E-state index in [0.717, 1.165) is 25.8 Å². The maximum atomic E-state index is 12.7. The minimum Gasteiger partial charge on any atom is -0.383 e. The van der Waals surface area contributed by atoms with E-state index in [1.807, 2.05) is 6.92 Å². The monoisotopic (exact) mass is 454 g/mol. The van der Waals surface area contributed by atoms with Crippen LogP contribution in [0.5, 0.6) is 0 Å². The van der Waals surface area contributed by atoms with Crippen molar-refractivity contribution in [2.75, 3.05) is 19.6 Å². The third kappa shape index (κ3) is 5.62. The Kier molecular flexibility index (Phi) is 8.04. The van der Waals surface area contributed by atoms with Crippen molar-refractivity contribution < 1.29 is 9.59 Å². The van der Waals surface area contributed by atoms with Gasteiger partial charge in [0.05, 0.1) is 6.17 Å². The Morgan fingerprint density at radius 3 is 2.77 bits per heavy atom. The van der Waals surface area contributed by atoms with Crippen molar-refractivity contribution in [3.63, 3.8) is 0 Å². The summed E-state index contributed by atoms with van der Waals surface area (Å²) in [4.78, 5) is 26.9. The summed E-state index contributed by atoms with van der Waals surface area (Å²) in [5.41, 5.74) is 13.0. The molecule has 3 aliphatic rings. The fourth-order valence-electron chi connectivity index (χ4n) is 4.61. The van der Waals surface area contributed by atoms with E-state index in [1.165, 1.54) is 5.57 Å². The first-order chi connectivity index (χ1) is 14.8. The molecule has 3 rings (SSSR count). The van der Waals surface area contributed by atoms with Crippen LogP contribution in [0.2, 0.25) is 0 Å². The maximum absolute atomic E-state index is 12.7. The number of hydrogen-bond donors (Lipinski definition) is 7. The van der Waals surface area contributed by atoms with Gasteiger partial charge >= 0.3 is 0 Å². The highest BCUT2D eigenvalue weighted by molar-refractivity contribution is 6.29. The lowest BCUT2D eigenvalue weighted by Crippen LogP contribution is -2.64. The normalized spacial score (nSPS) is 30.7. The van der Waals surface area contributed by atoms with Crippen LogP contribution in [-0.4, -0.2) is 66.8 Å². The molecule has 2 aliphatic heterocycles. The minimum absolute atomic E-state index is 0.0314. The summed E-state index contributed by atoms with van der Waals surface area (Å²) < 4.78 is 0. The van der Waals surface area contributed by atoms with Crippen LogP contribution in [0, 0.1) is 0 Å². The molecule has 0 aromatic heterocycles. The Labute approximate surface area is 188 Å². The van der Waals surface area contributed by atoms with Crippen molar-refractivity contribution in [2.45, 2.75) is 70.0 Å². The Hall–Kier alpha value is -2.01.